The lowest BCUT2D eigenvalue weighted by Gasteiger charge is -2.27. The van der Waals surface area contributed by atoms with Crippen LogP contribution in [0.3, 0.4) is 0 Å². The summed E-state index contributed by atoms with van der Waals surface area (Å²) in [7, 11) is -3.49. The number of rotatable bonds is 5. The number of ether oxygens (including phenoxy) is 1. The van der Waals surface area contributed by atoms with Crippen molar-refractivity contribution in [1.82, 2.24) is 4.31 Å². The van der Waals surface area contributed by atoms with E-state index in [1.54, 1.807) is 19.1 Å². The lowest BCUT2D eigenvalue weighted by molar-refractivity contribution is -0.144. The summed E-state index contributed by atoms with van der Waals surface area (Å²) in [6.45, 7) is 4.97. The molecule has 0 spiro atoms. The summed E-state index contributed by atoms with van der Waals surface area (Å²) in [5, 5.41) is 0. The van der Waals surface area contributed by atoms with Crippen LogP contribution in [0.4, 0.5) is 0 Å². The lowest BCUT2D eigenvalue weighted by atomic mass is 10.1. The fourth-order valence-corrected chi connectivity index (χ4v) is 4.63. The van der Waals surface area contributed by atoms with E-state index in [9.17, 15) is 13.2 Å². The average Bonchev–Trinajstić information content (AvgIpc) is 3.36. The largest absolute Gasteiger partial charge is 0.466 e. The molecular weight excluding hydrogens is 326 g/mol. The van der Waals surface area contributed by atoms with Crippen LogP contribution in [0, 0.1) is 18.8 Å². The van der Waals surface area contributed by atoms with Crippen LogP contribution >= 0.6 is 0 Å². The van der Waals surface area contributed by atoms with Gasteiger partial charge in [-0.1, -0.05) is 29.3 Å². The molecule has 2 aliphatic rings. The van der Waals surface area contributed by atoms with Gasteiger partial charge in [0.25, 0.3) is 0 Å². The van der Waals surface area contributed by atoms with Crippen molar-refractivity contribution in [2.75, 3.05) is 19.7 Å². The van der Waals surface area contributed by atoms with E-state index in [4.69, 9.17) is 4.74 Å². The third kappa shape index (κ3) is 3.39. The zero-order valence-corrected chi connectivity index (χ0v) is 14.9. The maximum atomic E-state index is 12.8. The van der Waals surface area contributed by atoms with E-state index in [0.29, 0.717) is 31.0 Å². The highest BCUT2D eigenvalue weighted by atomic mass is 32.2. The van der Waals surface area contributed by atoms with E-state index in [2.05, 4.69) is 6.08 Å². The SMILES string of the molecule is CCOC(=O)[C@@H]1C[C@@H]1C1=CCCN(S(=O)(=O)c2ccc(C)cc2)C1. The summed E-state index contributed by atoms with van der Waals surface area (Å²) in [5.74, 6) is -0.125. The number of carbonyl (C=O) groups excluding carboxylic acids is 1. The molecule has 1 aliphatic heterocycles. The molecule has 1 saturated carbocycles. The predicted octanol–water partition coefficient (Wildman–Crippen LogP) is 2.52. The van der Waals surface area contributed by atoms with Crippen molar-refractivity contribution in [3.63, 3.8) is 0 Å². The van der Waals surface area contributed by atoms with Crippen molar-refractivity contribution < 1.29 is 17.9 Å². The fraction of sp³-hybridized carbons (Fsp3) is 0.500. The predicted molar refractivity (Wildman–Crippen MR) is 90.9 cm³/mol. The van der Waals surface area contributed by atoms with Crippen LogP contribution in [0.2, 0.25) is 0 Å². The first kappa shape index (κ1) is 17.2. The van der Waals surface area contributed by atoms with E-state index in [1.807, 2.05) is 19.1 Å². The Kier molecular flexibility index (Phi) is 4.78. The maximum Gasteiger partial charge on any atom is 0.309 e. The molecule has 0 N–H and O–H groups in total. The van der Waals surface area contributed by atoms with Crippen LogP contribution < -0.4 is 0 Å². The number of nitrogens with zero attached hydrogens (tertiary/aromatic N) is 1. The molecule has 130 valence electrons. The quantitative estimate of drug-likeness (QED) is 0.605. The molecule has 3 rings (SSSR count). The molecule has 2 atom stereocenters. The number of hydrogen-bond donors (Lipinski definition) is 0. The second kappa shape index (κ2) is 6.69. The van der Waals surface area contributed by atoms with Crippen LogP contribution in [0.15, 0.2) is 40.8 Å². The Morgan fingerprint density at radius 3 is 2.67 bits per heavy atom. The van der Waals surface area contributed by atoms with Gasteiger partial charge in [-0.15, -0.1) is 0 Å². The summed E-state index contributed by atoms with van der Waals surface area (Å²) < 4.78 is 32.2. The molecule has 1 aromatic rings. The smallest absolute Gasteiger partial charge is 0.309 e. The summed E-state index contributed by atoms with van der Waals surface area (Å²) in [6, 6.07) is 6.93. The van der Waals surface area contributed by atoms with Crippen LogP contribution in [0.25, 0.3) is 0 Å². The number of aryl methyl sites for hydroxylation is 1. The Morgan fingerprint density at radius 1 is 1.29 bits per heavy atom. The Labute approximate surface area is 143 Å². The monoisotopic (exact) mass is 349 g/mol. The second-order valence-corrected chi connectivity index (χ2v) is 8.36. The number of sulfonamides is 1. The standard InChI is InChI=1S/C18H23NO4S/c1-3-23-18(20)17-11-16(17)14-5-4-10-19(12-14)24(21,22)15-8-6-13(2)7-9-15/h5-9,16-17H,3-4,10-12H2,1-2H3/t16-,17-/m1/s1. The Hall–Kier alpha value is -1.66. The zero-order chi connectivity index (χ0) is 17.3. The molecule has 0 radical (unpaired) electrons. The molecule has 5 nitrogen and oxygen atoms in total. The first-order chi connectivity index (χ1) is 11.4. The molecule has 1 fully saturated rings. The molecular formula is C18H23NO4S. The molecule has 0 saturated heterocycles. The van der Waals surface area contributed by atoms with Gasteiger partial charge in [0, 0.05) is 13.1 Å². The van der Waals surface area contributed by atoms with Crippen LogP contribution in [-0.2, 0) is 19.6 Å². The van der Waals surface area contributed by atoms with Crippen molar-refractivity contribution in [3.05, 3.63) is 41.5 Å². The summed E-state index contributed by atoms with van der Waals surface area (Å²) in [6.07, 6.45) is 3.54. The van der Waals surface area contributed by atoms with E-state index < -0.39 is 10.0 Å². The van der Waals surface area contributed by atoms with Gasteiger partial charge in [-0.2, -0.15) is 4.31 Å². The van der Waals surface area contributed by atoms with Crippen molar-refractivity contribution in [2.45, 2.75) is 31.6 Å². The highest BCUT2D eigenvalue weighted by Gasteiger charge is 2.47. The Morgan fingerprint density at radius 2 is 2.00 bits per heavy atom. The number of hydrogen-bond acceptors (Lipinski definition) is 4. The number of benzene rings is 1. The normalized spacial score (nSPS) is 24.3. The van der Waals surface area contributed by atoms with Gasteiger partial charge in [0.1, 0.15) is 0 Å². The van der Waals surface area contributed by atoms with E-state index in [0.717, 1.165) is 17.6 Å². The minimum atomic E-state index is -3.49. The first-order valence-electron chi connectivity index (χ1n) is 8.36. The molecule has 1 heterocycles. The first-order valence-corrected chi connectivity index (χ1v) is 9.80. The molecule has 1 aliphatic carbocycles. The van der Waals surface area contributed by atoms with Gasteiger partial charge < -0.3 is 4.74 Å². The minimum absolute atomic E-state index is 0.0989. The van der Waals surface area contributed by atoms with Gasteiger partial charge in [-0.05, 0) is 44.7 Å². The van der Waals surface area contributed by atoms with Gasteiger partial charge in [0.2, 0.25) is 10.0 Å². The highest BCUT2D eigenvalue weighted by molar-refractivity contribution is 7.89. The third-order valence-corrected chi connectivity index (χ3v) is 6.52. The van der Waals surface area contributed by atoms with E-state index in [1.165, 1.54) is 4.31 Å². The summed E-state index contributed by atoms with van der Waals surface area (Å²) >= 11 is 0. The third-order valence-electron chi connectivity index (χ3n) is 4.66. The van der Waals surface area contributed by atoms with Crippen LogP contribution in [0.1, 0.15) is 25.3 Å². The van der Waals surface area contributed by atoms with Gasteiger partial charge >= 0.3 is 5.97 Å². The highest BCUT2D eigenvalue weighted by Crippen LogP contribution is 2.46. The van der Waals surface area contributed by atoms with Crippen molar-refractivity contribution >= 4 is 16.0 Å². The van der Waals surface area contributed by atoms with Crippen molar-refractivity contribution in [3.8, 4) is 0 Å². The molecule has 1 aromatic carbocycles. The maximum absolute atomic E-state index is 12.8. The molecule has 0 aromatic heterocycles. The van der Waals surface area contributed by atoms with Gasteiger partial charge in [0.05, 0.1) is 17.4 Å². The Balaban J connectivity index is 1.70. The minimum Gasteiger partial charge on any atom is -0.466 e. The van der Waals surface area contributed by atoms with Crippen molar-refractivity contribution in [2.24, 2.45) is 11.8 Å². The second-order valence-electron chi connectivity index (χ2n) is 6.42. The number of esters is 1. The van der Waals surface area contributed by atoms with Gasteiger partial charge in [0.15, 0.2) is 0 Å². The summed E-state index contributed by atoms with van der Waals surface area (Å²) in [5.41, 5.74) is 2.08. The van der Waals surface area contributed by atoms with Crippen LogP contribution in [0.5, 0.6) is 0 Å². The van der Waals surface area contributed by atoms with Gasteiger partial charge in [-0.3, -0.25) is 4.79 Å². The summed E-state index contributed by atoms with van der Waals surface area (Å²) in [4.78, 5) is 12.1. The van der Waals surface area contributed by atoms with Gasteiger partial charge in [-0.25, -0.2) is 8.42 Å². The molecule has 6 heteroatoms. The molecule has 0 amide bonds. The average molecular weight is 349 g/mol. The lowest BCUT2D eigenvalue weighted by Crippen LogP contribution is -2.36. The fourth-order valence-electron chi connectivity index (χ4n) is 3.19. The molecule has 24 heavy (non-hydrogen) atoms. The zero-order valence-electron chi connectivity index (χ0n) is 14.1. The Bertz CT molecular complexity index is 752. The van der Waals surface area contributed by atoms with Crippen LogP contribution in [-0.4, -0.2) is 38.4 Å². The van der Waals surface area contributed by atoms with E-state index in [-0.39, 0.29) is 17.8 Å². The van der Waals surface area contributed by atoms with Crippen molar-refractivity contribution in [1.29, 1.82) is 0 Å². The van der Waals surface area contributed by atoms with E-state index >= 15 is 0 Å². The molecule has 0 bridgehead atoms. The molecule has 0 unspecified atom stereocenters. The number of carbonyl (C=O) groups is 1. The topological polar surface area (TPSA) is 63.7 Å².